The van der Waals surface area contributed by atoms with Crippen LogP contribution in [0.4, 0.5) is 0 Å². The predicted molar refractivity (Wildman–Crippen MR) is 63.8 cm³/mol. The Hall–Kier alpha value is -0.860. The molecule has 1 aromatic carbocycles. The molecule has 1 aromatic rings. The first kappa shape index (κ1) is 10.7. The van der Waals surface area contributed by atoms with Crippen LogP contribution in [0.15, 0.2) is 24.3 Å². The monoisotopic (exact) mass is 204 g/mol. The van der Waals surface area contributed by atoms with Crippen molar-refractivity contribution in [2.45, 2.75) is 25.4 Å². The summed E-state index contributed by atoms with van der Waals surface area (Å²) in [6, 6.07) is 9.38. The second-order valence-electron chi connectivity index (χ2n) is 4.59. The van der Waals surface area contributed by atoms with E-state index in [1.165, 1.54) is 30.5 Å². The summed E-state index contributed by atoms with van der Waals surface area (Å²) in [5.41, 5.74) is 2.95. The average Bonchev–Trinajstić information content (AvgIpc) is 2.70. The van der Waals surface area contributed by atoms with Crippen molar-refractivity contribution in [1.82, 2.24) is 10.2 Å². The maximum atomic E-state index is 3.57. The Labute approximate surface area is 92.3 Å². The molecule has 0 bridgehead atoms. The van der Waals surface area contributed by atoms with Crippen LogP contribution in [0.2, 0.25) is 0 Å². The molecule has 1 unspecified atom stereocenters. The van der Waals surface area contributed by atoms with Gasteiger partial charge in [-0.25, -0.2) is 0 Å². The predicted octanol–water partition coefficient (Wildman–Crippen LogP) is 2.17. The maximum Gasteiger partial charge on any atom is 0.0323 e. The first-order valence-corrected chi connectivity index (χ1v) is 5.73. The van der Waals surface area contributed by atoms with Crippen LogP contribution in [0.5, 0.6) is 0 Å². The highest BCUT2D eigenvalue weighted by Gasteiger charge is 2.18. The van der Waals surface area contributed by atoms with Crippen molar-refractivity contribution in [3.8, 4) is 0 Å². The molecule has 1 fully saturated rings. The van der Waals surface area contributed by atoms with E-state index in [1.54, 1.807) is 0 Å². The first-order chi connectivity index (χ1) is 7.27. The Morgan fingerprint density at radius 3 is 2.80 bits per heavy atom. The van der Waals surface area contributed by atoms with Gasteiger partial charge in [0, 0.05) is 12.6 Å². The molecular weight excluding hydrogens is 184 g/mol. The van der Waals surface area contributed by atoms with Crippen LogP contribution < -0.4 is 5.32 Å². The summed E-state index contributed by atoms with van der Waals surface area (Å²) in [6.45, 7) is 2.20. The fraction of sp³-hybridized carbons (Fsp3) is 0.538. The average molecular weight is 204 g/mol. The minimum atomic E-state index is 0.584. The SMILES string of the molecule is CN(C)Cc1ccccc1C1CCCN1. The molecule has 0 saturated carbocycles. The zero-order valence-corrected chi connectivity index (χ0v) is 9.66. The van der Waals surface area contributed by atoms with Gasteiger partial charge >= 0.3 is 0 Å². The van der Waals surface area contributed by atoms with Crippen molar-refractivity contribution in [1.29, 1.82) is 0 Å². The lowest BCUT2D eigenvalue weighted by Crippen LogP contribution is -2.18. The number of benzene rings is 1. The van der Waals surface area contributed by atoms with Gasteiger partial charge in [0.15, 0.2) is 0 Å². The van der Waals surface area contributed by atoms with Crippen molar-refractivity contribution >= 4 is 0 Å². The second kappa shape index (κ2) is 4.77. The Kier molecular flexibility index (Phi) is 3.39. The van der Waals surface area contributed by atoms with E-state index < -0.39 is 0 Å². The van der Waals surface area contributed by atoms with Gasteiger partial charge in [-0.1, -0.05) is 24.3 Å². The number of hydrogen-bond donors (Lipinski definition) is 1. The quantitative estimate of drug-likeness (QED) is 0.811. The van der Waals surface area contributed by atoms with Crippen molar-refractivity contribution in [3.05, 3.63) is 35.4 Å². The van der Waals surface area contributed by atoms with Crippen LogP contribution in [0, 0.1) is 0 Å². The van der Waals surface area contributed by atoms with Gasteiger partial charge in [-0.3, -0.25) is 0 Å². The van der Waals surface area contributed by atoms with Gasteiger partial charge in [-0.15, -0.1) is 0 Å². The third-order valence-corrected chi connectivity index (χ3v) is 2.98. The van der Waals surface area contributed by atoms with Crippen molar-refractivity contribution < 1.29 is 0 Å². The fourth-order valence-electron chi connectivity index (χ4n) is 2.31. The van der Waals surface area contributed by atoms with Crippen LogP contribution in [0.3, 0.4) is 0 Å². The van der Waals surface area contributed by atoms with E-state index in [-0.39, 0.29) is 0 Å². The number of hydrogen-bond acceptors (Lipinski definition) is 2. The van der Waals surface area contributed by atoms with Gasteiger partial charge in [0.2, 0.25) is 0 Å². The molecule has 2 rings (SSSR count). The van der Waals surface area contributed by atoms with Gasteiger partial charge in [-0.05, 0) is 44.6 Å². The molecule has 0 radical (unpaired) electrons. The topological polar surface area (TPSA) is 15.3 Å². The summed E-state index contributed by atoms with van der Waals surface area (Å²) in [6.07, 6.45) is 2.59. The summed E-state index contributed by atoms with van der Waals surface area (Å²) < 4.78 is 0. The summed E-state index contributed by atoms with van der Waals surface area (Å²) >= 11 is 0. The summed E-state index contributed by atoms with van der Waals surface area (Å²) in [5.74, 6) is 0. The number of nitrogens with one attached hydrogen (secondary N) is 1. The molecular formula is C13H20N2. The molecule has 2 nitrogen and oxygen atoms in total. The minimum absolute atomic E-state index is 0.584. The molecule has 0 amide bonds. The van der Waals surface area contributed by atoms with Gasteiger partial charge in [0.1, 0.15) is 0 Å². The molecule has 1 N–H and O–H groups in total. The molecule has 1 aliphatic heterocycles. The lowest BCUT2D eigenvalue weighted by atomic mass is 9.99. The van der Waals surface area contributed by atoms with Gasteiger partial charge < -0.3 is 10.2 Å². The van der Waals surface area contributed by atoms with Crippen molar-refractivity contribution in [2.75, 3.05) is 20.6 Å². The van der Waals surface area contributed by atoms with E-state index >= 15 is 0 Å². The summed E-state index contributed by atoms with van der Waals surface area (Å²) in [5, 5.41) is 3.57. The molecule has 0 aliphatic carbocycles. The van der Waals surface area contributed by atoms with E-state index in [1.807, 2.05) is 0 Å². The van der Waals surface area contributed by atoms with Gasteiger partial charge in [-0.2, -0.15) is 0 Å². The Morgan fingerprint density at radius 2 is 2.13 bits per heavy atom. The third kappa shape index (κ3) is 2.58. The number of rotatable bonds is 3. The molecule has 0 spiro atoms. The Balaban J connectivity index is 2.20. The maximum absolute atomic E-state index is 3.57. The lowest BCUT2D eigenvalue weighted by molar-refractivity contribution is 0.399. The highest BCUT2D eigenvalue weighted by atomic mass is 15.0. The molecule has 0 aromatic heterocycles. The molecule has 1 saturated heterocycles. The van der Waals surface area contributed by atoms with Gasteiger partial charge in [0.05, 0.1) is 0 Å². The molecule has 1 heterocycles. The van der Waals surface area contributed by atoms with E-state index in [9.17, 15) is 0 Å². The highest BCUT2D eigenvalue weighted by Crippen LogP contribution is 2.26. The van der Waals surface area contributed by atoms with E-state index in [0.717, 1.165) is 6.54 Å². The van der Waals surface area contributed by atoms with Crippen molar-refractivity contribution in [3.63, 3.8) is 0 Å². The highest BCUT2D eigenvalue weighted by molar-refractivity contribution is 5.30. The summed E-state index contributed by atoms with van der Waals surface area (Å²) in [4.78, 5) is 2.23. The Bertz CT molecular complexity index is 314. The smallest absolute Gasteiger partial charge is 0.0323 e. The molecule has 1 atom stereocenters. The molecule has 1 aliphatic rings. The third-order valence-electron chi connectivity index (χ3n) is 2.98. The molecule has 15 heavy (non-hydrogen) atoms. The zero-order chi connectivity index (χ0) is 10.7. The van der Waals surface area contributed by atoms with Crippen LogP contribution in [0.1, 0.15) is 30.0 Å². The largest absolute Gasteiger partial charge is 0.310 e. The van der Waals surface area contributed by atoms with E-state index in [0.29, 0.717) is 6.04 Å². The van der Waals surface area contributed by atoms with E-state index in [4.69, 9.17) is 0 Å². The number of nitrogens with zero attached hydrogens (tertiary/aromatic N) is 1. The molecule has 82 valence electrons. The first-order valence-electron chi connectivity index (χ1n) is 5.73. The Morgan fingerprint density at radius 1 is 1.33 bits per heavy atom. The minimum Gasteiger partial charge on any atom is -0.310 e. The van der Waals surface area contributed by atoms with Gasteiger partial charge in [0.25, 0.3) is 0 Å². The van der Waals surface area contributed by atoms with Crippen LogP contribution >= 0.6 is 0 Å². The second-order valence-corrected chi connectivity index (χ2v) is 4.59. The fourth-order valence-corrected chi connectivity index (χ4v) is 2.31. The van der Waals surface area contributed by atoms with Crippen molar-refractivity contribution in [2.24, 2.45) is 0 Å². The van der Waals surface area contributed by atoms with E-state index in [2.05, 4.69) is 48.6 Å². The lowest BCUT2D eigenvalue weighted by Gasteiger charge is -2.18. The van der Waals surface area contributed by atoms with Crippen LogP contribution in [-0.4, -0.2) is 25.5 Å². The standard InChI is InChI=1S/C13H20N2/c1-15(2)10-11-6-3-4-7-12(11)13-8-5-9-14-13/h3-4,6-7,13-14H,5,8-10H2,1-2H3. The summed E-state index contributed by atoms with van der Waals surface area (Å²) in [7, 11) is 4.25. The van der Waals surface area contributed by atoms with Crippen LogP contribution in [-0.2, 0) is 6.54 Å². The molecule has 2 heteroatoms. The normalized spacial score (nSPS) is 21.1. The van der Waals surface area contributed by atoms with Crippen LogP contribution in [0.25, 0.3) is 0 Å². The zero-order valence-electron chi connectivity index (χ0n) is 9.66.